The summed E-state index contributed by atoms with van der Waals surface area (Å²) in [6.45, 7) is 4.47. The van der Waals surface area contributed by atoms with Crippen LogP contribution in [0.3, 0.4) is 0 Å². The molecular weight excluding hydrogens is 316 g/mol. The third-order valence-corrected chi connectivity index (χ3v) is 5.30. The zero-order chi connectivity index (χ0) is 17.1. The fourth-order valence-corrected chi connectivity index (χ4v) is 4.09. The van der Waals surface area contributed by atoms with Crippen LogP contribution in [-0.4, -0.2) is 61.6 Å². The summed E-state index contributed by atoms with van der Waals surface area (Å²) >= 11 is 0. The summed E-state index contributed by atoms with van der Waals surface area (Å²) in [5.41, 5.74) is 1.35. The van der Waals surface area contributed by atoms with Gasteiger partial charge in [-0.2, -0.15) is 0 Å². The Kier molecular flexibility index (Phi) is 4.74. The molecule has 3 fully saturated rings. The van der Waals surface area contributed by atoms with Crippen LogP contribution in [0.2, 0.25) is 0 Å². The van der Waals surface area contributed by atoms with Crippen molar-refractivity contribution in [2.24, 2.45) is 5.92 Å². The quantitative estimate of drug-likeness (QED) is 0.818. The first-order valence-corrected chi connectivity index (χ1v) is 9.04. The van der Waals surface area contributed by atoms with E-state index in [0.717, 1.165) is 32.6 Å². The zero-order valence-corrected chi connectivity index (χ0v) is 14.4. The van der Waals surface area contributed by atoms with Gasteiger partial charge in [-0.05, 0) is 34.7 Å². The van der Waals surface area contributed by atoms with Crippen LogP contribution in [0.25, 0.3) is 0 Å². The van der Waals surface area contributed by atoms with Crippen molar-refractivity contribution in [1.82, 2.24) is 30.0 Å². The van der Waals surface area contributed by atoms with Gasteiger partial charge in [0.05, 0.1) is 6.54 Å². The van der Waals surface area contributed by atoms with E-state index in [9.17, 15) is 4.79 Å². The number of hydrogen-bond acceptors (Lipinski definition) is 5. The lowest BCUT2D eigenvalue weighted by Gasteiger charge is -2.36. The molecule has 1 amide bonds. The fraction of sp³-hybridized carbons (Fsp3) is 0.556. The molecule has 7 nitrogen and oxygen atoms in total. The number of aromatic nitrogens is 4. The molecule has 3 aliphatic heterocycles. The first-order chi connectivity index (χ1) is 12.3. The first kappa shape index (κ1) is 16.2. The third kappa shape index (κ3) is 3.87. The Morgan fingerprint density at radius 2 is 2.00 bits per heavy atom. The highest BCUT2D eigenvalue weighted by Gasteiger charge is 2.36. The number of rotatable bonds is 5. The van der Waals surface area contributed by atoms with Crippen LogP contribution in [0.5, 0.6) is 0 Å². The number of carbonyl (C=O) groups excluding carboxylic acids is 1. The summed E-state index contributed by atoms with van der Waals surface area (Å²) in [6.07, 6.45) is 4.37. The second-order valence-corrected chi connectivity index (χ2v) is 7.15. The average Bonchev–Trinajstić information content (AvgIpc) is 3.01. The number of tetrazole rings is 1. The SMILES string of the molecule is O=C(CCn1cnnn1)N1C[C@@H]2CC[C@H]1CN(Cc1ccccc1)C2. The van der Waals surface area contributed by atoms with Gasteiger partial charge in [-0.3, -0.25) is 9.69 Å². The van der Waals surface area contributed by atoms with Gasteiger partial charge in [0.25, 0.3) is 0 Å². The molecule has 2 atom stereocenters. The van der Waals surface area contributed by atoms with Gasteiger partial charge in [0, 0.05) is 38.6 Å². The van der Waals surface area contributed by atoms with Crippen LogP contribution in [0, 0.1) is 5.92 Å². The summed E-state index contributed by atoms with van der Waals surface area (Å²) in [6, 6.07) is 10.9. The van der Waals surface area contributed by atoms with Crippen LogP contribution >= 0.6 is 0 Å². The lowest BCUT2D eigenvalue weighted by Crippen LogP contribution is -2.47. The molecule has 0 N–H and O–H groups in total. The van der Waals surface area contributed by atoms with Crippen LogP contribution in [0.1, 0.15) is 24.8 Å². The minimum absolute atomic E-state index is 0.228. The Balaban J connectivity index is 1.38. The van der Waals surface area contributed by atoms with E-state index in [2.05, 4.69) is 55.7 Å². The van der Waals surface area contributed by atoms with E-state index >= 15 is 0 Å². The highest BCUT2D eigenvalue weighted by molar-refractivity contribution is 5.76. The molecule has 3 saturated heterocycles. The number of aryl methyl sites for hydroxylation is 1. The van der Waals surface area contributed by atoms with E-state index in [0.29, 0.717) is 24.9 Å². The van der Waals surface area contributed by atoms with E-state index < -0.39 is 0 Å². The predicted octanol–water partition coefficient (Wildman–Crippen LogP) is 1.19. The molecule has 1 aromatic heterocycles. The van der Waals surface area contributed by atoms with Crippen molar-refractivity contribution < 1.29 is 4.79 Å². The summed E-state index contributed by atoms with van der Waals surface area (Å²) < 4.78 is 1.62. The van der Waals surface area contributed by atoms with Crippen molar-refractivity contribution in [2.75, 3.05) is 19.6 Å². The van der Waals surface area contributed by atoms with E-state index in [4.69, 9.17) is 0 Å². The topological polar surface area (TPSA) is 67.2 Å². The monoisotopic (exact) mass is 340 g/mol. The largest absolute Gasteiger partial charge is 0.338 e. The molecule has 7 heteroatoms. The van der Waals surface area contributed by atoms with E-state index in [1.165, 1.54) is 12.0 Å². The molecule has 0 radical (unpaired) electrons. The molecule has 0 spiro atoms. The molecule has 0 saturated carbocycles. The van der Waals surface area contributed by atoms with Gasteiger partial charge in [0.2, 0.25) is 5.91 Å². The molecule has 2 aromatic rings. The number of hydrogen-bond donors (Lipinski definition) is 0. The van der Waals surface area contributed by atoms with Crippen molar-refractivity contribution >= 4 is 5.91 Å². The molecule has 25 heavy (non-hydrogen) atoms. The minimum Gasteiger partial charge on any atom is -0.338 e. The summed E-state index contributed by atoms with van der Waals surface area (Å²) in [4.78, 5) is 17.4. The summed E-state index contributed by atoms with van der Waals surface area (Å²) in [5.74, 6) is 0.811. The van der Waals surface area contributed by atoms with Gasteiger partial charge < -0.3 is 4.90 Å². The van der Waals surface area contributed by atoms with Gasteiger partial charge in [0.15, 0.2) is 0 Å². The Morgan fingerprint density at radius 1 is 1.12 bits per heavy atom. The Hall–Kier alpha value is -2.28. The number of piperidine rings is 1. The second kappa shape index (κ2) is 7.31. The highest BCUT2D eigenvalue weighted by Crippen LogP contribution is 2.29. The molecule has 0 aliphatic carbocycles. The summed E-state index contributed by atoms with van der Waals surface area (Å²) in [7, 11) is 0. The lowest BCUT2D eigenvalue weighted by atomic mass is 9.94. The van der Waals surface area contributed by atoms with Crippen molar-refractivity contribution in [3.05, 3.63) is 42.2 Å². The maximum Gasteiger partial charge on any atom is 0.224 e. The maximum atomic E-state index is 12.7. The zero-order valence-electron chi connectivity index (χ0n) is 14.4. The highest BCUT2D eigenvalue weighted by atomic mass is 16.2. The molecule has 0 unspecified atom stereocenters. The van der Waals surface area contributed by atoms with Crippen molar-refractivity contribution in [2.45, 2.75) is 38.4 Å². The standard InChI is InChI=1S/C18H24N6O/c25-18(8-9-23-14-19-20-21-23)24-12-16-6-7-17(24)13-22(11-16)10-15-4-2-1-3-5-15/h1-5,14,16-17H,6-13H2/t16-,17+/m1/s1. The van der Waals surface area contributed by atoms with Crippen molar-refractivity contribution in [3.8, 4) is 0 Å². The molecule has 1 aromatic carbocycles. The van der Waals surface area contributed by atoms with E-state index in [1.54, 1.807) is 11.0 Å². The van der Waals surface area contributed by atoms with Gasteiger partial charge in [-0.15, -0.1) is 5.10 Å². The van der Waals surface area contributed by atoms with Gasteiger partial charge in [0.1, 0.15) is 6.33 Å². The maximum absolute atomic E-state index is 12.7. The number of fused-ring (bicyclic) bond motifs is 4. The minimum atomic E-state index is 0.228. The molecule has 4 heterocycles. The third-order valence-electron chi connectivity index (χ3n) is 5.30. The van der Waals surface area contributed by atoms with E-state index in [-0.39, 0.29) is 5.91 Å². The van der Waals surface area contributed by atoms with Gasteiger partial charge in [-0.1, -0.05) is 30.3 Å². The van der Waals surface area contributed by atoms with Crippen molar-refractivity contribution in [1.29, 1.82) is 0 Å². The Labute approximate surface area is 147 Å². The average molecular weight is 340 g/mol. The molecule has 5 rings (SSSR count). The Bertz CT molecular complexity index is 689. The second-order valence-electron chi connectivity index (χ2n) is 7.15. The first-order valence-electron chi connectivity index (χ1n) is 9.04. The number of carbonyl (C=O) groups is 1. The number of amides is 1. The van der Waals surface area contributed by atoms with Crippen LogP contribution in [0.4, 0.5) is 0 Å². The molecular formula is C18H24N6O. The Morgan fingerprint density at radius 3 is 2.80 bits per heavy atom. The lowest BCUT2D eigenvalue weighted by molar-refractivity contribution is -0.135. The molecule has 132 valence electrons. The van der Waals surface area contributed by atoms with Gasteiger partial charge in [-0.25, -0.2) is 4.68 Å². The number of nitrogens with zero attached hydrogens (tertiary/aromatic N) is 6. The summed E-state index contributed by atoms with van der Waals surface area (Å²) in [5, 5.41) is 11.1. The number of benzene rings is 1. The van der Waals surface area contributed by atoms with Crippen LogP contribution < -0.4 is 0 Å². The van der Waals surface area contributed by atoms with Gasteiger partial charge >= 0.3 is 0 Å². The van der Waals surface area contributed by atoms with E-state index in [1.807, 2.05) is 0 Å². The normalized spacial score (nSPS) is 23.6. The fourth-order valence-electron chi connectivity index (χ4n) is 4.09. The van der Waals surface area contributed by atoms with Crippen molar-refractivity contribution in [3.63, 3.8) is 0 Å². The van der Waals surface area contributed by atoms with Crippen LogP contribution in [0.15, 0.2) is 36.7 Å². The molecule has 3 aliphatic rings. The predicted molar refractivity (Wildman–Crippen MR) is 92.4 cm³/mol. The molecule has 2 bridgehead atoms. The van der Waals surface area contributed by atoms with Crippen LogP contribution in [-0.2, 0) is 17.9 Å². The smallest absolute Gasteiger partial charge is 0.224 e.